The Hall–Kier alpha value is -6.52. The van der Waals surface area contributed by atoms with E-state index in [1.165, 1.54) is 16.9 Å². The van der Waals surface area contributed by atoms with Crippen molar-refractivity contribution >= 4 is 57.7 Å². The zero-order chi connectivity index (χ0) is 39.2. The Morgan fingerprint density at radius 2 is 1.56 bits per heavy atom. The van der Waals surface area contributed by atoms with E-state index in [0.29, 0.717) is 44.6 Å². The molecular formula is C46H34ClN3O7. The van der Waals surface area contributed by atoms with Crippen molar-refractivity contribution in [2.45, 2.75) is 24.2 Å². The molecule has 11 heteroatoms. The van der Waals surface area contributed by atoms with Gasteiger partial charge in [0.05, 0.1) is 41.7 Å². The predicted octanol–water partition coefficient (Wildman–Crippen LogP) is 8.23. The third-order valence-electron chi connectivity index (χ3n) is 12.4. The van der Waals surface area contributed by atoms with Gasteiger partial charge in [-0.15, -0.1) is 0 Å². The molecule has 0 spiro atoms. The number of carbonyl (C=O) groups is 4. The van der Waals surface area contributed by atoms with Gasteiger partial charge in [-0.25, -0.2) is 9.88 Å². The lowest BCUT2D eigenvalue weighted by molar-refractivity contribution is -0.127. The van der Waals surface area contributed by atoms with Crippen molar-refractivity contribution in [3.8, 4) is 23.0 Å². The molecule has 10 nitrogen and oxygen atoms in total. The van der Waals surface area contributed by atoms with E-state index in [9.17, 15) is 19.5 Å². The van der Waals surface area contributed by atoms with Crippen LogP contribution in [0.15, 0.2) is 137 Å². The van der Waals surface area contributed by atoms with Gasteiger partial charge in [-0.3, -0.25) is 24.1 Å². The van der Waals surface area contributed by atoms with Crippen LogP contribution >= 0.6 is 11.6 Å². The molecule has 3 fully saturated rings. The van der Waals surface area contributed by atoms with Crippen molar-refractivity contribution in [1.29, 1.82) is 0 Å². The van der Waals surface area contributed by atoms with E-state index in [1.807, 2.05) is 60.7 Å². The first kappa shape index (κ1) is 34.9. The van der Waals surface area contributed by atoms with Gasteiger partial charge in [0.1, 0.15) is 5.52 Å². The monoisotopic (exact) mass is 775 g/mol. The summed E-state index contributed by atoms with van der Waals surface area (Å²) >= 11 is 6.42. The third kappa shape index (κ3) is 5.06. The minimum absolute atomic E-state index is 0.130. The van der Waals surface area contributed by atoms with E-state index in [4.69, 9.17) is 20.8 Å². The number of amides is 4. The van der Waals surface area contributed by atoms with E-state index in [-0.39, 0.29) is 36.2 Å². The minimum atomic E-state index is -1.47. The van der Waals surface area contributed by atoms with Crippen molar-refractivity contribution in [3.05, 3.63) is 149 Å². The van der Waals surface area contributed by atoms with Crippen molar-refractivity contribution in [2.75, 3.05) is 16.9 Å². The van der Waals surface area contributed by atoms with Gasteiger partial charge >= 0.3 is 0 Å². The highest BCUT2D eigenvalue weighted by Gasteiger charge is 2.70. The van der Waals surface area contributed by atoms with Crippen LogP contribution in [0, 0.1) is 23.7 Å². The van der Waals surface area contributed by atoms with Crippen LogP contribution < -0.4 is 14.5 Å². The molecule has 2 aliphatic carbocycles. The van der Waals surface area contributed by atoms with Crippen LogP contribution in [-0.4, -0.2) is 40.8 Å². The molecule has 1 N–H and O–H groups in total. The van der Waals surface area contributed by atoms with Gasteiger partial charge in [-0.1, -0.05) is 77.8 Å². The molecule has 10 rings (SSSR count). The number of hydrogen-bond donors (Lipinski definition) is 1. The van der Waals surface area contributed by atoms with Crippen LogP contribution in [-0.2, 0) is 24.6 Å². The second-order valence-corrected chi connectivity index (χ2v) is 15.5. The number of methoxy groups -OCH3 is 1. The highest BCUT2D eigenvalue weighted by atomic mass is 35.5. The number of allylic oxidation sites excluding steroid dienone is 2. The van der Waals surface area contributed by atoms with E-state index in [2.05, 4.69) is 4.98 Å². The Balaban J connectivity index is 1.09. The summed E-state index contributed by atoms with van der Waals surface area (Å²) in [6.07, 6.45) is 2.39. The van der Waals surface area contributed by atoms with Gasteiger partial charge in [0.15, 0.2) is 17.1 Å². The first-order valence-electron chi connectivity index (χ1n) is 18.8. The molecule has 1 aromatic heterocycles. The highest BCUT2D eigenvalue weighted by molar-refractivity contribution is 6.32. The van der Waals surface area contributed by atoms with Crippen LogP contribution in [0.25, 0.3) is 22.6 Å². The molecule has 57 heavy (non-hydrogen) atoms. The number of fused-ring (bicyclic) bond motifs is 5. The number of phenols is 1. The molecule has 0 bridgehead atoms. The lowest BCUT2D eigenvalue weighted by atomic mass is 9.49. The van der Waals surface area contributed by atoms with E-state index >= 15 is 4.79 Å². The van der Waals surface area contributed by atoms with E-state index in [1.54, 1.807) is 66.7 Å². The molecule has 6 aromatic rings. The van der Waals surface area contributed by atoms with Crippen molar-refractivity contribution in [2.24, 2.45) is 23.7 Å². The number of hydrogen-bond acceptors (Lipinski definition) is 8. The zero-order valence-corrected chi connectivity index (χ0v) is 31.3. The minimum Gasteiger partial charge on any atom is -0.504 e. The van der Waals surface area contributed by atoms with Gasteiger partial charge in [-0.05, 0) is 96.6 Å². The Morgan fingerprint density at radius 1 is 0.789 bits per heavy atom. The number of imide groups is 2. The Labute approximate surface area is 331 Å². The molecule has 6 atom stereocenters. The lowest BCUT2D eigenvalue weighted by Crippen LogP contribution is -2.53. The van der Waals surface area contributed by atoms with Crippen molar-refractivity contribution in [1.82, 2.24) is 4.98 Å². The topological polar surface area (TPSA) is 130 Å². The third-order valence-corrected chi connectivity index (χ3v) is 12.6. The quantitative estimate of drug-likeness (QED) is 0.132. The number of aromatic hydroxyl groups is 1. The average molecular weight is 776 g/mol. The van der Waals surface area contributed by atoms with Crippen molar-refractivity contribution < 1.29 is 33.4 Å². The maximum Gasteiger partial charge on any atom is 0.246 e. The molecule has 1 saturated carbocycles. The smallest absolute Gasteiger partial charge is 0.246 e. The maximum absolute atomic E-state index is 15.4. The fourth-order valence-corrected chi connectivity index (χ4v) is 10.2. The molecule has 2 saturated heterocycles. The highest BCUT2D eigenvalue weighted by Crippen LogP contribution is 2.65. The van der Waals surface area contributed by atoms with Crippen molar-refractivity contribution in [3.63, 3.8) is 0 Å². The molecular weight excluding hydrogens is 742 g/mol. The first-order valence-corrected chi connectivity index (χ1v) is 19.2. The summed E-state index contributed by atoms with van der Waals surface area (Å²) in [4.78, 5) is 66.6. The van der Waals surface area contributed by atoms with Gasteiger partial charge in [0, 0.05) is 16.5 Å². The summed E-state index contributed by atoms with van der Waals surface area (Å²) in [6.45, 7) is 0. The standard InChI is InChI=1S/C46H34ClN3O7/c1-56-38-21-16-26(22-36(38)51)40-31-19-20-32-39(44(54)49(42(32)52)29-17-14-25(15-18-29)41-48-35-12-5-6-13-37(35)57-41)33(31)24-34-43(53)50(30-11-7-10-28(47)23-30)45(55)46(34,40)27-8-3-2-4-9-27/h2-19,21-23,32-34,39-40,51H,20,24H2,1H3. The molecule has 3 heterocycles. The summed E-state index contributed by atoms with van der Waals surface area (Å²) in [7, 11) is 1.45. The largest absolute Gasteiger partial charge is 0.504 e. The number of phenolic OH excluding ortho intramolecular Hbond substituents is 1. The number of anilines is 2. The number of ether oxygens (including phenoxy) is 1. The summed E-state index contributed by atoms with van der Waals surface area (Å²) < 4.78 is 11.3. The number of oxazole rings is 1. The van der Waals surface area contributed by atoms with Gasteiger partial charge in [0.2, 0.25) is 29.5 Å². The molecule has 5 aromatic carbocycles. The zero-order valence-electron chi connectivity index (χ0n) is 30.5. The molecule has 0 radical (unpaired) electrons. The van der Waals surface area contributed by atoms with Crippen LogP contribution in [0.5, 0.6) is 11.5 Å². The predicted molar refractivity (Wildman–Crippen MR) is 213 cm³/mol. The maximum atomic E-state index is 15.4. The Morgan fingerprint density at radius 3 is 2.30 bits per heavy atom. The Bertz CT molecular complexity index is 2660. The average Bonchev–Trinajstić information content (AvgIpc) is 3.85. The molecule has 6 unspecified atom stereocenters. The summed E-state index contributed by atoms with van der Waals surface area (Å²) in [6, 6.07) is 35.4. The second-order valence-electron chi connectivity index (χ2n) is 15.1. The van der Waals surface area contributed by atoms with Crippen LogP contribution in [0.4, 0.5) is 11.4 Å². The first-order chi connectivity index (χ1) is 27.7. The number of nitrogens with zero attached hydrogens (tertiary/aromatic N) is 3. The normalized spacial score (nSPS) is 25.4. The lowest BCUT2D eigenvalue weighted by Gasteiger charge is -2.50. The van der Waals surface area contributed by atoms with Crippen LogP contribution in [0.3, 0.4) is 0 Å². The summed E-state index contributed by atoms with van der Waals surface area (Å²) in [5.74, 6) is -4.75. The number of rotatable bonds is 6. The van der Waals surface area contributed by atoms with Crippen LogP contribution in [0.2, 0.25) is 5.02 Å². The van der Waals surface area contributed by atoms with E-state index in [0.717, 1.165) is 11.1 Å². The fourth-order valence-electron chi connectivity index (χ4n) is 10.0. The van der Waals surface area contributed by atoms with E-state index < -0.39 is 46.8 Å². The van der Waals surface area contributed by atoms with Gasteiger partial charge in [-0.2, -0.15) is 0 Å². The van der Waals surface area contributed by atoms with Crippen LogP contribution in [0.1, 0.15) is 29.9 Å². The van der Waals surface area contributed by atoms with Gasteiger partial charge < -0.3 is 14.3 Å². The molecule has 4 aliphatic rings. The molecule has 282 valence electrons. The van der Waals surface area contributed by atoms with Gasteiger partial charge in [0.25, 0.3) is 0 Å². The second kappa shape index (κ2) is 13.0. The number of carbonyl (C=O) groups excluding carboxylic acids is 4. The number of aromatic nitrogens is 1. The fraction of sp³-hybridized carbons (Fsp3) is 0.196. The molecule has 2 aliphatic heterocycles. The summed E-state index contributed by atoms with van der Waals surface area (Å²) in [5, 5.41) is 11.5. The number of halogens is 1. The SMILES string of the molecule is COc1ccc(C2C3=CCC4C(=O)N(c5ccc(-c6nc7ccccc7o6)cc5)C(=O)C4C3CC3C(=O)N(c4cccc(Cl)c4)C(=O)C32c2ccccc2)cc1O. The number of para-hydroxylation sites is 2. The molecule has 4 amide bonds. The number of benzene rings is 5. The Kier molecular flexibility index (Phi) is 7.98. The summed E-state index contributed by atoms with van der Waals surface area (Å²) in [5.41, 5.74) is 3.35.